The molecule has 240 valence electrons. The molecule has 0 heterocycles. The monoisotopic (exact) mass is 617 g/mol. The molecule has 1 N–H and O–H groups in total. The maximum absolute atomic E-state index is 4.19. The highest BCUT2D eigenvalue weighted by Gasteiger charge is 2.58. The van der Waals surface area contributed by atoms with Gasteiger partial charge in [0.2, 0.25) is 0 Å². The minimum atomic E-state index is 0.121. The summed E-state index contributed by atoms with van der Waals surface area (Å²) in [5.41, 5.74) is 15.1. The van der Waals surface area contributed by atoms with Crippen molar-refractivity contribution >= 4 is 11.4 Å². The third-order valence-electron chi connectivity index (χ3n) is 14.9. The van der Waals surface area contributed by atoms with Gasteiger partial charge in [0.15, 0.2) is 0 Å². The SMILES string of the molecule is CC1CC2CC(C)C3(c4ccccc4-c4c(Nc5cccc6c5-c5ccccc5C65C(C)CC6CC(C)CC5C6)cccc43)C(C1)C2. The Hall–Kier alpha value is -3.32. The average Bonchev–Trinajstić information content (AvgIpc) is 3.53. The van der Waals surface area contributed by atoms with Crippen LogP contribution in [0.25, 0.3) is 22.3 Å². The van der Waals surface area contributed by atoms with Gasteiger partial charge in [0, 0.05) is 33.3 Å². The van der Waals surface area contributed by atoms with Crippen LogP contribution in [0.2, 0.25) is 0 Å². The van der Waals surface area contributed by atoms with E-state index in [-0.39, 0.29) is 10.8 Å². The summed E-state index contributed by atoms with van der Waals surface area (Å²) in [6, 6.07) is 33.6. The van der Waals surface area contributed by atoms with Gasteiger partial charge in [0.25, 0.3) is 0 Å². The van der Waals surface area contributed by atoms with E-state index in [0.717, 1.165) is 35.5 Å². The van der Waals surface area contributed by atoms with Crippen molar-refractivity contribution in [2.24, 2.45) is 47.3 Å². The van der Waals surface area contributed by atoms with E-state index < -0.39 is 0 Å². The lowest BCUT2D eigenvalue weighted by atomic mass is 9.49. The summed E-state index contributed by atoms with van der Waals surface area (Å²) in [7, 11) is 0. The molecular weight excluding hydrogens is 567 g/mol. The summed E-state index contributed by atoms with van der Waals surface area (Å²) in [5.74, 6) is 6.18. The predicted molar refractivity (Wildman–Crippen MR) is 196 cm³/mol. The first kappa shape index (κ1) is 28.7. The minimum Gasteiger partial charge on any atom is -0.354 e. The van der Waals surface area contributed by atoms with Crippen molar-refractivity contribution in [1.82, 2.24) is 0 Å². The molecule has 4 saturated carbocycles. The highest BCUT2D eigenvalue weighted by Crippen LogP contribution is 2.67. The molecule has 4 bridgehead atoms. The smallest absolute Gasteiger partial charge is 0.0467 e. The highest BCUT2D eigenvalue weighted by molar-refractivity contribution is 5.96. The van der Waals surface area contributed by atoms with Crippen molar-refractivity contribution in [3.8, 4) is 22.3 Å². The molecule has 0 amide bonds. The van der Waals surface area contributed by atoms with Crippen LogP contribution < -0.4 is 5.32 Å². The van der Waals surface area contributed by atoms with E-state index >= 15 is 0 Å². The van der Waals surface area contributed by atoms with Crippen molar-refractivity contribution in [3.63, 3.8) is 0 Å². The van der Waals surface area contributed by atoms with Gasteiger partial charge in [0.05, 0.1) is 0 Å². The van der Waals surface area contributed by atoms with E-state index in [1.165, 1.54) is 85.0 Å². The van der Waals surface area contributed by atoms with Crippen molar-refractivity contribution in [1.29, 1.82) is 0 Å². The Morgan fingerprint density at radius 2 is 0.872 bits per heavy atom. The van der Waals surface area contributed by atoms with Gasteiger partial charge in [-0.15, -0.1) is 0 Å². The third-order valence-corrected chi connectivity index (χ3v) is 14.9. The van der Waals surface area contributed by atoms with Crippen molar-refractivity contribution in [3.05, 3.63) is 107 Å². The first-order chi connectivity index (χ1) is 22.9. The molecule has 4 aromatic carbocycles. The summed E-state index contributed by atoms with van der Waals surface area (Å²) >= 11 is 0. The summed E-state index contributed by atoms with van der Waals surface area (Å²) in [6.45, 7) is 10.2. The second-order valence-electron chi connectivity index (χ2n) is 17.4. The Labute approximate surface area is 282 Å². The van der Waals surface area contributed by atoms with E-state index in [1.807, 2.05) is 0 Å². The lowest BCUT2D eigenvalue weighted by molar-refractivity contribution is 0.0426. The summed E-state index contributed by atoms with van der Waals surface area (Å²) < 4.78 is 0. The zero-order valence-electron chi connectivity index (χ0n) is 28.9. The largest absolute Gasteiger partial charge is 0.354 e. The third kappa shape index (κ3) is 3.67. The Bertz CT molecular complexity index is 1760. The normalized spacial score (nSPS) is 37.3. The number of hydrogen-bond acceptors (Lipinski definition) is 1. The van der Waals surface area contributed by atoms with Gasteiger partial charge in [0.1, 0.15) is 0 Å². The van der Waals surface area contributed by atoms with Gasteiger partial charge in [-0.1, -0.05) is 100 Å². The van der Waals surface area contributed by atoms with Crippen LogP contribution in [0, 0.1) is 47.3 Å². The quantitative estimate of drug-likeness (QED) is 0.236. The molecule has 0 saturated heterocycles. The van der Waals surface area contributed by atoms with Gasteiger partial charge < -0.3 is 5.32 Å². The summed E-state index contributed by atoms with van der Waals surface area (Å²) in [6.07, 6.45) is 11.1. The Morgan fingerprint density at radius 1 is 0.447 bits per heavy atom. The van der Waals surface area contributed by atoms with E-state index in [0.29, 0.717) is 11.8 Å². The fourth-order valence-electron chi connectivity index (χ4n) is 13.9. The number of benzene rings is 4. The van der Waals surface area contributed by atoms with E-state index in [4.69, 9.17) is 0 Å². The molecule has 6 aliphatic carbocycles. The summed E-state index contributed by atoms with van der Waals surface area (Å²) in [4.78, 5) is 0. The molecule has 0 aromatic heterocycles. The molecule has 10 unspecified atom stereocenters. The zero-order valence-corrected chi connectivity index (χ0v) is 28.9. The molecule has 6 aliphatic rings. The second kappa shape index (κ2) is 10.1. The van der Waals surface area contributed by atoms with Crippen LogP contribution in [-0.2, 0) is 10.8 Å². The van der Waals surface area contributed by atoms with E-state index in [2.05, 4.69) is 118 Å². The number of fused-ring (bicyclic) bond motifs is 16. The fourth-order valence-corrected chi connectivity index (χ4v) is 13.9. The van der Waals surface area contributed by atoms with Crippen LogP contribution in [0.5, 0.6) is 0 Å². The van der Waals surface area contributed by atoms with Gasteiger partial charge in [-0.3, -0.25) is 0 Å². The molecule has 1 nitrogen and oxygen atoms in total. The van der Waals surface area contributed by atoms with Crippen LogP contribution in [0.3, 0.4) is 0 Å². The Balaban J connectivity index is 1.15. The molecule has 4 aromatic rings. The van der Waals surface area contributed by atoms with Gasteiger partial charge >= 0.3 is 0 Å². The Kier molecular flexibility index (Phi) is 6.16. The van der Waals surface area contributed by atoms with Gasteiger partial charge in [-0.05, 0) is 144 Å². The first-order valence-electron chi connectivity index (χ1n) is 19.1. The molecule has 1 heteroatoms. The zero-order chi connectivity index (χ0) is 31.7. The van der Waals surface area contributed by atoms with Crippen molar-refractivity contribution in [2.45, 2.75) is 89.9 Å². The maximum atomic E-state index is 4.19. The molecule has 0 radical (unpaired) electrons. The summed E-state index contributed by atoms with van der Waals surface area (Å²) in [5, 5.41) is 4.19. The van der Waals surface area contributed by atoms with E-state index in [1.54, 1.807) is 22.3 Å². The molecule has 10 atom stereocenters. The molecule has 4 fully saturated rings. The Morgan fingerprint density at radius 3 is 1.34 bits per heavy atom. The average molecular weight is 618 g/mol. The number of anilines is 2. The van der Waals surface area contributed by atoms with Crippen LogP contribution >= 0.6 is 0 Å². The number of hydrogen-bond donors (Lipinski definition) is 1. The van der Waals surface area contributed by atoms with Crippen LogP contribution in [0.1, 0.15) is 101 Å². The lowest BCUT2D eigenvalue weighted by Gasteiger charge is -2.54. The van der Waals surface area contributed by atoms with Crippen molar-refractivity contribution in [2.75, 3.05) is 5.32 Å². The second-order valence-corrected chi connectivity index (χ2v) is 17.4. The number of nitrogens with one attached hydrogen (secondary N) is 1. The molecule has 2 spiro atoms. The standard InChI is InChI=1S/C46H51N/c1-27-19-31-23-29(3)45(33(21-27)25-31)37-13-7-5-11-35(37)43-39(45)15-9-17-41(43)47-42-18-10-16-40-44(42)36-12-6-8-14-38(36)46(40)30(4)24-32-20-28(2)22-34(46)26-32/h5-18,27-34,47H,19-26H2,1-4H3. The molecular formula is C46H51N. The fraction of sp³-hybridized carbons (Fsp3) is 0.478. The number of rotatable bonds is 2. The van der Waals surface area contributed by atoms with Gasteiger partial charge in [-0.2, -0.15) is 0 Å². The molecule has 0 aliphatic heterocycles. The van der Waals surface area contributed by atoms with Crippen molar-refractivity contribution < 1.29 is 0 Å². The maximum Gasteiger partial charge on any atom is 0.0467 e. The van der Waals surface area contributed by atoms with Gasteiger partial charge in [-0.25, -0.2) is 0 Å². The lowest BCUT2D eigenvalue weighted by Crippen LogP contribution is -2.49. The highest BCUT2D eigenvalue weighted by atomic mass is 14.9. The minimum absolute atomic E-state index is 0.121. The van der Waals surface area contributed by atoms with E-state index in [9.17, 15) is 0 Å². The molecule has 10 rings (SSSR count). The van der Waals surface area contributed by atoms with Crippen LogP contribution in [0.15, 0.2) is 84.9 Å². The molecule has 47 heavy (non-hydrogen) atoms. The predicted octanol–water partition coefficient (Wildman–Crippen LogP) is 12.1. The topological polar surface area (TPSA) is 12.0 Å². The van der Waals surface area contributed by atoms with Crippen LogP contribution in [0.4, 0.5) is 11.4 Å². The van der Waals surface area contributed by atoms with Crippen LogP contribution in [-0.4, -0.2) is 0 Å². The first-order valence-corrected chi connectivity index (χ1v) is 19.1.